The van der Waals surface area contributed by atoms with Crippen molar-refractivity contribution in [2.75, 3.05) is 13.1 Å². The number of rotatable bonds is 10. The van der Waals surface area contributed by atoms with Crippen LogP contribution in [0.3, 0.4) is 0 Å². The smallest absolute Gasteiger partial charge is 0.309 e. The SMILES string of the molecule is N#CCCCCCNC(=O)C(=O)NCCCCCC#N. The highest BCUT2D eigenvalue weighted by Crippen LogP contribution is 1.98. The van der Waals surface area contributed by atoms with Crippen LogP contribution in [0.1, 0.15) is 51.4 Å². The van der Waals surface area contributed by atoms with Gasteiger partial charge in [0.15, 0.2) is 0 Å². The summed E-state index contributed by atoms with van der Waals surface area (Å²) in [6.07, 6.45) is 5.98. The van der Waals surface area contributed by atoms with E-state index in [0.717, 1.165) is 38.5 Å². The molecule has 0 saturated heterocycles. The number of nitrogens with one attached hydrogen (secondary N) is 2. The Morgan fingerprint density at radius 2 is 1.10 bits per heavy atom. The van der Waals surface area contributed by atoms with Gasteiger partial charge in [-0.15, -0.1) is 0 Å². The number of amides is 2. The molecule has 0 aliphatic carbocycles. The quantitative estimate of drug-likeness (QED) is 0.465. The van der Waals surface area contributed by atoms with Crippen LogP contribution in [0.4, 0.5) is 0 Å². The van der Waals surface area contributed by atoms with E-state index in [9.17, 15) is 9.59 Å². The van der Waals surface area contributed by atoms with Gasteiger partial charge in [0.05, 0.1) is 12.1 Å². The number of nitrogens with zero attached hydrogens (tertiary/aromatic N) is 2. The Morgan fingerprint density at radius 1 is 0.700 bits per heavy atom. The van der Waals surface area contributed by atoms with E-state index in [1.54, 1.807) is 0 Å². The summed E-state index contributed by atoms with van der Waals surface area (Å²) in [6.45, 7) is 0.916. The molecule has 2 N–H and O–H groups in total. The van der Waals surface area contributed by atoms with Crippen LogP contribution in [0.25, 0.3) is 0 Å². The maximum absolute atomic E-state index is 11.4. The number of carbonyl (C=O) groups excluding carboxylic acids is 2. The van der Waals surface area contributed by atoms with Gasteiger partial charge in [-0.2, -0.15) is 10.5 Å². The van der Waals surface area contributed by atoms with Gasteiger partial charge in [0.2, 0.25) is 0 Å². The first kappa shape index (κ1) is 17.9. The molecule has 0 atom stereocenters. The average Bonchev–Trinajstić information content (AvgIpc) is 2.45. The minimum Gasteiger partial charge on any atom is -0.348 e. The van der Waals surface area contributed by atoms with Crippen molar-refractivity contribution in [2.45, 2.75) is 51.4 Å². The summed E-state index contributed by atoms with van der Waals surface area (Å²) in [5.41, 5.74) is 0. The van der Waals surface area contributed by atoms with Crippen molar-refractivity contribution in [1.29, 1.82) is 10.5 Å². The van der Waals surface area contributed by atoms with Gasteiger partial charge in [-0.05, 0) is 25.7 Å². The Morgan fingerprint density at radius 3 is 1.45 bits per heavy atom. The zero-order valence-corrected chi connectivity index (χ0v) is 11.8. The summed E-state index contributed by atoms with van der Waals surface area (Å²) in [6, 6.07) is 4.12. The van der Waals surface area contributed by atoms with Crippen molar-refractivity contribution < 1.29 is 9.59 Å². The summed E-state index contributed by atoms with van der Waals surface area (Å²) in [5.74, 6) is -1.22. The molecule has 0 bridgehead atoms. The lowest BCUT2D eigenvalue weighted by Gasteiger charge is -2.06. The molecular weight excluding hydrogens is 256 g/mol. The van der Waals surface area contributed by atoms with E-state index in [0.29, 0.717) is 25.9 Å². The summed E-state index contributed by atoms with van der Waals surface area (Å²) in [5, 5.41) is 21.8. The minimum absolute atomic E-state index is 0.458. The lowest BCUT2D eigenvalue weighted by atomic mass is 10.2. The third-order valence-electron chi connectivity index (χ3n) is 2.71. The van der Waals surface area contributed by atoms with E-state index in [4.69, 9.17) is 10.5 Å². The highest BCUT2D eigenvalue weighted by molar-refractivity contribution is 6.35. The lowest BCUT2D eigenvalue weighted by molar-refractivity contribution is -0.139. The van der Waals surface area contributed by atoms with Crippen LogP contribution in [0.2, 0.25) is 0 Å². The first-order chi connectivity index (χ1) is 9.72. The van der Waals surface area contributed by atoms with Crippen LogP contribution in [0.5, 0.6) is 0 Å². The molecule has 2 amide bonds. The predicted octanol–water partition coefficient (Wildman–Crippen LogP) is 1.39. The van der Waals surface area contributed by atoms with E-state index >= 15 is 0 Å². The van der Waals surface area contributed by atoms with Gasteiger partial charge in [-0.3, -0.25) is 9.59 Å². The zero-order chi connectivity index (χ0) is 15.1. The van der Waals surface area contributed by atoms with Gasteiger partial charge in [0.1, 0.15) is 0 Å². The number of unbranched alkanes of at least 4 members (excludes halogenated alkanes) is 6. The van der Waals surface area contributed by atoms with Crippen molar-refractivity contribution in [3.05, 3.63) is 0 Å². The topological polar surface area (TPSA) is 106 Å². The monoisotopic (exact) mass is 278 g/mol. The third-order valence-corrected chi connectivity index (χ3v) is 2.71. The Kier molecular flexibility index (Phi) is 12.0. The largest absolute Gasteiger partial charge is 0.348 e. The van der Waals surface area contributed by atoms with E-state index in [-0.39, 0.29) is 0 Å². The molecule has 0 heterocycles. The van der Waals surface area contributed by atoms with Crippen molar-refractivity contribution in [1.82, 2.24) is 10.6 Å². The first-order valence-electron chi connectivity index (χ1n) is 7.02. The fraction of sp³-hybridized carbons (Fsp3) is 0.714. The second-order valence-electron chi connectivity index (χ2n) is 4.45. The molecule has 0 aliphatic rings. The fourth-order valence-electron chi connectivity index (χ4n) is 1.58. The molecule has 0 fully saturated rings. The normalized spacial score (nSPS) is 9.30. The Balaban J connectivity index is 3.45. The van der Waals surface area contributed by atoms with Crippen molar-refractivity contribution in [2.24, 2.45) is 0 Å². The summed E-state index contributed by atoms with van der Waals surface area (Å²) in [4.78, 5) is 22.8. The van der Waals surface area contributed by atoms with Gasteiger partial charge in [0.25, 0.3) is 0 Å². The van der Waals surface area contributed by atoms with Crippen LogP contribution < -0.4 is 10.6 Å². The zero-order valence-electron chi connectivity index (χ0n) is 11.8. The maximum atomic E-state index is 11.4. The second-order valence-corrected chi connectivity index (χ2v) is 4.45. The van der Waals surface area contributed by atoms with Crippen LogP contribution in [-0.2, 0) is 9.59 Å². The molecule has 0 unspecified atom stereocenters. The molecule has 0 aliphatic heterocycles. The molecule has 20 heavy (non-hydrogen) atoms. The lowest BCUT2D eigenvalue weighted by Crippen LogP contribution is -2.40. The van der Waals surface area contributed by atoms with Crippen molar-refractivity contribution >= 4 is 11.8 Å². The van der Waals surface area contributed by atoms with E-state index < -0.39 is 11.8 Å². The average molecular weight is 278 g/mol. The van der Waals surface area contributed by atoms with E-state index in [1.807, 2.05) is 0 Å². The van der Waals surface area contributed by atoms with Crippen LogP contribution in [-0.4, -0.2) is 24.9 Å². The molecular formula is C14H22N4O2. The Bertz CT molecular complexity index is 332. The first-order valence-corrected chi connectivity index (χ1v) is 7.02. The molecule has 6 heteroatoms. The highest BCUT2D eigenvalue weighted by Gasteiger charge is 2.11. The summed E-state index contributed by atoms with van der Waals surface area (Å²) in [7, 11) is 0. The maximum Gasteiger partial charge on any atom is 0.309 e. The number of hydrogen-bond acceptors (Lipinski definition) is 4. The molecule has 0 rings (SSSR count). The molecule has 0 radical (unpaired) electrons. The molecule has 0 spiro atoms. The molecule has 6 nitrogen and oxygen atoms in total. The predicted molar refractivity (Wildman–Crippen MR) is 74.2 cm³/mol. The molecule has 0 aromatic heterocycles. The summed E-state index contributed by atoms with van der Waals surface area (Å²) >= 11 is 0. The highest BCUT2D eigenvalue weighted by atomic mass is 16.2. The minimum atomic E-state index is -0.609. The van der Waals surface area contributed by atoms with Gasteiger partial charge in [-0.1, -0.05) is 12.8 Å². The van der Waals surface area contributed by atoms with Crippen molar-refractivity contribution in [3.63, 3.8) is 0 Å². The van der Waals surface area contributed by atoms with Crippen LogP contribution in [0, 0.1) is 22.7 Å². The standard InChI is InChI=1S/C14H22N4O2/c15-9-5-1-3-7-11-17-13(19)14(20)18-12-8-4-2-6-10-16/h1-8,11-12H2,(H,17,19)(H,18,20). The fourth-order valence-corrected chi connectivity index (χ4v) is 1.58. The van der Waals surface area contributed by atoms with Crippen LogP contribution >= 0.6 is 0 Å². The number of carbonyl (C=O) groups is 2. The van der Waals surface area contributed by atoms with Crippen molar-refractivity contribution in [3.8, 4) is 12.1 Å². The van der Waals surface area contributed by atoms with Crippen LogP contribution in [0.15, 0.2) is 0 Å². The molecule has 0 aromatic rings. The second kappa shape index (κ2) is 13.4. The van der Waals surface area contributed by atoms with Gasteiger partial charge < -0.3 is 10.6 Å². The molecule has 110 valence electrons. The third kappa shape index (κ3) is 11.0. The van der Waals surface area contributed by atoms with Gasteiger partial charge >= 0.3 is 11.8 Å². The Hall–Kier alpha value is -2.08. The van der Waals surface area contributed by atoms with Gasteiger partial charge in [0, 0.05) is 25.9 Å². The summed E-state index contributed by atoms with van der Waals surface area (Å²) < 4.78 is 0. The van der Waals surface area contributed by atoms with E-state index in [1.165, 1.54) is 0 Å². The Labute approximate surface area is 120 Å². The molecule has 0 aromatic carbocycles. The number of hydrogen-bond donors (Lipinski definition) is 2. The molecule has 0 saturated carbocycles. The number of nitriles is 2. The van der Waals surface area contributed by atoms with Gasteiger partial charge in [-0.25, -0.2) is 0 Å². The van der Waals surface area contributed by atoms with E-state index in [2.05, 4.69) is 22.8 Å².